The molecule has 0 atom stereocenters. The molecule has 0 aliphatic carbocycles. The Balaban J connectivity index is 0.00000144. The van der Waals surface area contributed by atoms with Crippen LogP contribution in [0.25, 0.3) is 0 Å². The summed E-state index contributed by atoms with van der Waals surface area (Å²) in [5.41, 5.74) is 1.14. The zero-order valence-corrected chi connectivity index (χ0v) is 9.87. The van der Waals surface area contributed by atoms with E-state index in [1.807, 2.05) is 18.2 Å². The number of halogens is 1. The lowest BCUT2D eigenvalue weighted by Gasteiger charge is -2.27. The molecule has 1 N–H and O–H groups in total. The van der Waals surface area contributed by atoms with Gasteiger partial charge in [-0.2, -0.15) is 0 Å². The van der Waals surface area contributed by atoms with Crippen LogP contribution in [0.5, 0.6) is 5.75 Å². The lowest BCUT2D eigenvalue weighted by atomic mass is 10.2. The van der Waals surface area contributed by atoms with Gasteiger partial charge in [-0.15, -0.1) is 0 Å². The fourth-order valence-electron chi connectivity index (χ4n) is 1.05. The molecule has 0 radical (unpaired) electrons. The Bertz CT molecular complexity index is 273. The molecule has 13 heavy (non-hydrogen) atoms. The van der Waals surface area contributed by atoms with Crippen LogP contribution in [-0.2, 0) is 0 Å². The van der Waals surface area contributed by atoms with Gasteiger partial charge < -0.3 is 22.1 Å². The first-order chi connectivity index (χ1) is 5.56. The topological polar surface area (TPSA) is 20.2 Å². The van der Waals surface area contributed by atoms with Gasteiger partial charge in [0.15, 0.2) is 0 Å². The highest BCUT2D eigenvalue weighted by molar-refractivity contribution is 5.46. The van der Waals surface area contributed by atoms with E-state index in [-0.39, 0.29) is 17.0 Å². The minimum atomic E-state index is 0. The highest BCUT2D eigenvalue weighted by atomic mass is 79.9. The number of aromatic hydroxyl groups is 1. The first-order valence-corrected chi connectivity index (χ1v) is 4.19. The van der Waals surface area contributed by atoms with E-state index in [0.717, 1.165) is 16.7 Å². The van der Waals surface area contributed by atoms with Gasteiger partial charge in [0.05, 0.1) is 20.6 Å². The minimum Gasteiger partial charge on any atom is -1.00 e. The van der Waals surface area contributed by atoms with Crippen LogP contribution < -0.4 is 21.5 Å². The van der Waals surface area contributed by atoms with E-state index < -0.39 is 0 Å². The molecule has 0 aromatic heterocycles. The molecule has 0 saturated heterocycles. The van der Waals surface area contributed by atoms with Crippen molar-refractivity contribution in [3.63, 3.8) is 0 Å². The molecule has 0 heterocycles. The van der Waals surface area contributed by atoms with Crippen LogP contribution in [0.2, 0.25) is 0 Å². The second kappa shape index (κ2) is 4.63. The van der Waals surface area contributed by atoms with Gasteiger partial charge >= 0.3 is 0 Å². The van der Waals surface area contributed by atoms with Crippen molar-refractivity contribution in [2.75, 3.05) is 20.6 Å². The standard InChI is InChI=1S/C10H15NO.BrH/c1-4-11(2,3)9-6-5-7-10(12)8-9;/h5-8H,4H2,1-3H3;1H. The lowest BCUT2D eigenvalue weighted by molar-refractivity contribution is -0.00000375. The van der Waals surface area contributed by atoms with Gasteiger partial charge in [-0.05, 0) is 19.1 Å². The van der Waals surface area contributed by atoms with Crippen LogP contribution >= 0.6 is 0 Å². The first-order valence-electron chi connectivity index (χ1n) is 4.19. The molecule has 0 spiro atoms. The van der Waals surface area contributed by atoms with Crippen molar-refractivity contribution in [1.82, 2.24) is 4.48 Å². The summed E-state index contributed by atoms with van der Waals surface area (Å²) in [5, 5.41) is 9.26. The molecule has 3 heteroatoms. The van der Waals surface area contributed by atoms with Crippen molar-refractivity contribution in [2.24, 2.45) is 0 Å². The van der Waals surface area contributed by atoms with Crippen molar-refractivity contribution in [1.29, 1.82) is 0 Å². The van der Waals surface area contributed by atoms with E-state index >= 15 is 0 Å². The fourth-order valence-corrected chi connectivity index (χ4v) is 1.05. The van der Waals surface area contributed by atoms with Gasteiger partial charge in [0, 0.05) is 6.07 Å². The predicted molar refractivity (Wildman–Crippen MR) is 52.3 cm³/mol. The molecule has 0 amide bonds. The summed E-state index contributed by atoms with van der Waals surface area (Å²) in [7, 11) is 4.24. The van der Waals surface area contributed by atoms with Crippen LogP contribution in [0, 0.1) is 0 Å². The smallest absolute Gasteiger partial charge is 0.136 e. The fraction of sp³-hybridized carbons (Fsp3) is 0.400. The average Bonchev–Trinajstić information content (AvgIpc) is 2.05. The van der Waals surface area contributed by atoms with Gasteiger partial charge in [-0.25, -0.2) is 0 Å². The molecular weight excluding hydrogens is 230 g/mol. The third-order valence-corrected chi connectivity index (χ3v) is 2.32. The third kappa shape index (κ3) is 3.01. The van der Waals surface area contributed by atoms with E-state index in [0.29, 0.717) is 5.75 Å². The number of nitrogens with zero attached hydrogens (tertiary/aromatic N) is 1. The summed E-state index contributed by atoms with van der Waals surface area (Å²) in [6.45, 7) is 3.15. The number of phenols is 1. The molecule has 0 saturated carbocycles. The zero-order valence-electron chi connectivity index (χ0n) is 8.29. The Hall–Kier alpha value is -0.540. The molecule has 1 aromatic rings. The van der Waals surface area contributed by atoms with E-state index in [1.54, 1.807) is 6.07 Å². The molecule has 0 aliphatic rings. The molecule has 74 valence electrons. The van der Waals surface area contributed by atoms with Crippen LogP contribution in [0.15, 0.2) is 24.3 Å². The van der Waals surface area contributed by atoms with Gasteiger partial charge in [0.1, 0.15) is 11.4 Å². The maximum absolute atomic E-state index is 9.26. The van der Waals surface area contributed by atoms with E-state index in [1.165, 1.54) is 0 Å². The van der Waals surface area contributed by atoms with Crippen molar-refractivity contribution in [2.45, 2.75) is 6.92 Å². The van der Waals surface area contributed by atoms with Crippen molar-refractivity contribution in [3.8, 4) is 5.75 Å². The summed E-state index contributed by atoms with van der Waals surface area (Å²) < 4.78 is 0.800. The summed E-state index contributed by atoms with van der Waals surface area (Å²) in [6.07, 6.45) is 0. The van der Waals surface area contributed by atoms with E-state index in [4.69, 9.17) is 0 Å². The van der Waals surface area contributed by atoms with E-state index in [2.05, 4.69) is 21.0 Å². The second-order valence-corrected chi connectivity index (χ2v) is 3.52. The molecular formula is C10H16BrNO. The molecule has 0 fully saturated rings. The van der Waals surface area contributed by atoms with Crippen molar-refractivity contribution >= 4 is 5.69 Å². The largest absolute Gasteiger partial charge is 1.00 e. The number of rotatable bonds is 2. The quantitative estimate of drug-likeness (QED) is 0.662. The minimum absolute atomic E-state index is 0. The van der Waals surface area contributed by atoms with Gasteiger partial charge in [0.2, 0.25) is 0 Å². The summed E-state index contributed by atoms with van der Waals surface area (Å²) >= 11 is 0. The van der Waals surface area contributed by atoms with Gasteiger partial charge in [-0.3, -0.25) is 4.48 Å². The zero-order chi connectivity index (χ0) is 9.19. The normalized spacial score (nSPS) is 10.7. The van der Waals surface area contributed by atoms with Crippen LogP contribution in [0.3, 0.4) is 0 Å². The first kappa shape index (κ1) is 12.5. The SMILES string of the molecule is CC[N+](C)(C)c1cccc(O)c1.[Br-]. The number of benzene rings is 1. The maximum atomic E-state index is 9.26. The molecule has 1 rings (SSSR count). The molecule has 0 unspecified atom stereocenters. The number of hydrogen-bond acceptors (Lipinski definition) is 1. The number of phenolic OH excluding ortho intramolecular Hbond substituents is 1. The van der Waals surface area contributed by atoms with Crippen molar-refractivity contribution < 1.29 is 22.1 Å². The van der Waals surface area contributed by atoms with Crippen LogP contribution in [-0.4, -0.2) is 25.7 Å². The summed E-state index contributed by atoms with van der Waals surface area (Å²) in [6, 6.07) is 7.41. The Morgan fingerprint density at radius 2 is 1.92 bits per heavy atom. The second-order valence-electron chi connectivity index (χ2n) is 3.52. The molecule has 0 aliphatic heterocycles. The summed E-state index contributed by atoms with van der Waals surface area (Å²) in [4.78, 5) is 0. The predicted octanol–water partition coefficient (Wildman–Crippen LogP) is -1.02. The van der Waals surface area contributed by atoms with Crippen LogP contribution in [0.4, 0.5) is 5.69 Å². The number of quaternary nitrogens is 1. The van der Waals surface area contributed by atoms with E-state index in [9.17, 15) is 5.11 Å². The van der Waals surface area contributed by atoms with Crippen molar-refractivity contribution in [3.05, 3.63) is 24.3 Å². The average molecular weight is 246 g/mol. The molecule has 2 nitrogen and oxygen atoms in total. The lowest BCUT2D eigenvalue weighted by Crippen LogP contribution is -3.00. The van der Waals surface area contributed by atoms with Crippen LogP contribution in [0.1, 0.15) is 6.92 Å². The molecule has 1 aromatic carbocycles. The van der Waals surface area contributed by atoms with Gasteiger partial charge in [0.25, 0.3) is 0 Å². The Morgan fingerprint density at radius 1 is 1.31 bits per heavy atom. The molecule has 0 bridgehead atoms. The highest BCUT2D eigenvalue weighted by Gasteiger charge is 2.15. The Labute approximate surface area is 90.2 Å². The highest BCUT2D eigenvalue weighted by Crippen LogP contribution is 2.22. The monoisotopic (exact) mass is 245 g/mol. The Kier molecular flexibility index (Phi) is 4.44. The van der Waals surface area contributed by atoms with Gasteiger partial charge in [-0.1, -0.05) is 6.07 Å². The Morgan fingerprint density at radius 3 is 2.38 bits per heavy atom. The maximum Gasteiger partial charge on any atom is 0.136 e. The number of hydrogen-bond donors (Lipinski definition) is 1. The summed E-state index contributed by atoms with van der Waals surface area (Å²) in [5.74, 6) is 0.340. The third-order valence-electron chi connectivity index (χ3n) is 2.32.